The molecule has 0 saturated heterocycles. The van der Waals surface area contributed by atoms with E-state index in [0.29, 0.717) is 25.6 Å². The predicted octanol–water partition coefficient (Wildman–Crippen LogP) is 3.60. The lowest BCUT2D eigenvalue weighted by molar-refractivity contribution is -0.135. The number of nitrogens with zero attached hydrogens (tertiary/aromatic N) is 2. The molecule has 120 valence electrons. The quantitative estimate of drug-likeness (QED) is 0.448. The van der Waals surface area contributed by atoms with E-state index in [2.05, 4.69) is 31.9 Å². The van der Waals surface area contributed by atoms with Crippen molar-refractivity contribution >= 4 is 48.9 Å². The molecule has 6 nitrogen and oxygen atoms in total. The number of benzene rings is 2. The normalized spacial score (nSPS) is 10.5. The molecule has 0 bridgehead atoms. The predicted molar refractivity (Wildman–Crippen MR) is 92.7 cm³/mol. The molecular weight excluding hydrogens is 444 g/mol. The van der Waals surface area contributed by atoms with Gasteiger partial charge in [0.15, 0.2) is 11.3 Å². The molecule has 2 aromatic carbocycles. The third-order valence-corrected chi connectivity index (χ3v) is 4.38. The summed E-state index contributed by atoms with van der Waals surface area (Å²) in [4.78, 5) is 24.1. The summed E-state index contributed by atoms with van der Waals surface area (Å²) in [6, 6.07) is 11.9. The van der Waals surface area contributed by atoms with Crippen molar-refractivity contribution in [2.75, 3.05) is 0 Å². The van der Waals surface area contributed by atoms with Gasteiger partial charge in [0.2, 0.25) is 0 Å². The molecule has 3 rings (SSSR count). The molecule has 0 amide bonds. The number of hydrogen-bond donors (Lipinski definition) is 0. The summed E-state index contributed by atoms with van der Waals surface area (Å²) in [6.45, 7) is -0.297. The van der Waals surface area contributed by atoms with Gasteiger partial charge < -0.3 is 9.15 Å². The highest BCUT2D eigenvalue weighted by atomic mass is 79.9. The molecule has 1 heterocycles. The van der Waals surface area contributed by atoms with Gasteiger partial charge >= 0.3 is 11.7 Å². The zero-order valence-electron chi connectivity index (χ0n) is 12.0. The maximum absolute atomic E-state index is 12.2. The van der Waals surface area contributed by atoms with Crippen molar-refractivity contribution in [3.05, 3.63) is 61.5 Å². The molecule has 0 atom stereocenters. The Labute approximate surface area is 152 Å². The maximum Gasteiger partial charge on any atom is 0.420 e. The number of hydrogen-bond acceptors (Lipinski definition) is 5. The van der Waals surface area contributed by atoms with Crippen molar-refractivity contribution in [2.45, 2.75) is 6.54 Å². The first-order valence-electron chi connectivity index (χ1n) is 6.68. The summed E-state index contributed by atoms with van der Waals surface area (Å²) in [5.41, 5.74) is 1.32. The number of ether oxygens (including phenoxy) is 1. The number of esters is 1. The van der Waals surface area contributed by atoms with Crippen LogP contribution < -0.4 is 10.5 Å². The first-order valence-corrected chi connectivity index (χ1v) is 8.26. The Morgan fingerprint density at radius 3 is 2.58 bits per heavy atom. The van der Waals surface area contributed by atoms with Crippen LogP contribution in [-0.2, 0) is 11.3 Å². The largest absolute Gasteiger partial charge is 0.423 e. The molecule has 0 unspecified atom stereocenters. The Kier molecular flexibility index (Phi) is 4.55. The van der Waals surface area contributed by atoms with Crippen molar-refractivity contribution in [3.8, 4) is 11.8 Å². The third-order valence-electron chi connectivity index (χ3n) is 3.20. The first kappa shape index (κ1) is 16.5. The second-order valence-corrected chi connectivity index (χ2v) is 6.49. The summed E-state index contributed by atoms with van der Waals surface area (Å²) < 4.78 is 12.5. The molecule has 3 aromatic rings. The van der Waals surface area contributed by atoms with Crippen LogP contribution in [0.1, 0.15) is 5.56 Å². The van der Waals surface area contributed by atoms with E-state index in [0.717, 1.165) is 0 Å². The number of para-hydroxylation sites is 2. The van der Waals surface area contributed by atoms with Gasteiger partial charge in [0.25, 0.3) is 0 Å². The minimum Gasteiger partial charge on any atom is -0.423 e. The molecular formula is C16H8Br2N2O4. The fraction of sp³-hybridized carbons (Fsp3) is 0.0625. The van der Waals surface area contributed by atoms with E-state index < -0.39 is 11.7 Å². The number of fused-ring (bicyclic) bond motifs is 1. The van der Waals surface area contributed by atoms with Gasteiger partial charge in [0.05, 0.1) is 26.1 Å². The highest BCUT2D eigenvalue weighted by Gasteiger charge is 2.17. The van der Waals surface area contributed by atoms with E-state index in [9.17, 15) is 9.59 Å². The number of rotatable bonds is 3. The van der Waals surface area contributed by atoms with Crippen LogP contribution in [0.4, 0.5) is 0 Å². The van der Waals surface area contributed by atoms with Gasteiger partial charge in [-0.05, 0) is 56.1 Å². The van der Waals surface area contributed by atoms with Crippen molar-refractivity contribution in [1.82, 2.24) is 4.57 Å². The van der Waals surface area contributed by atoms with Crippen LogP contribution in [0.2, 0.25) is 0 Å². The summed E-state index contributed by atoms with van der Waals surface area (Å²) in [6.07, 6.45) is 0. The van der Waals surface area contributed by atoms with Gasteiger partial charge in [-0.15, -0.1) is 0 Å². The molecule has 0 aliphatic heterocycles. The number of oxazole rings is 1. The van der Waals surface area contributed by atoms with Crippen LogP contribution in [0, 0.1) is 11.3 Å². The highest BCUT2D eigenvalue weighted by Crippen LogP contribution is 2.34. The van der Waals surface area contributed by atoms with Crippen LogP contribution in [0.5, 0.6) is 5.75 Å². The highest BCUT2D eigenvalue weighted by molar-refractivity contribution is 9.11. The Morgan fingerprint density at radius 1 is 1.25 bits per heavy atom. The number of halogens is 2. The summed E-state index contributed by atoms with van der Waals surface area (Å²) in [5.74, 6) is -1.04. The van der Waals surface area contributed by atoms with Gasteiger partial charge in [-0.25, -0.2) is 9.59 Å². The lowest BCUT2D eigenvalue weighted by atomic mass is 10.2. The Morgan fingerprint density at radius 2 is 1.92 bits per heavy atom. The van der Waals surface area contributed by atoms with E-state index in [-0.39, 0.29) is 12.3 Å². The summed E-state index contributed by atoms with van der Waals surface area (Å²) in [5, 5.41) is 8.91. The van der Waals surface area contributed by atoms with E-state index in [4.69, 9.17) is 14.4 Å². The molecule has 0 spiro atoms. The van der Waals surface area contributed by atoms with Crippen molar-refractivity contribution in [1.29, 1.82) is 5.26 Å². The van der Waals surface area contributed by atoms with Crippen LogP contribution in [0.3, 0.4) is 0 Å². The zero-order valence-corrected chi connectivity index (χ0v) is 15.1. The van der Waals surface area contributed by atoms with E-state index in [1.807, 2.05) is 6.07 Å². The van der Waals surface area contributed by atoms with Crippen LogP contribution in [-0.4, -0.2) is 10.5 Å². The number of carbonyl (C=O) groups excluding carboxylic acids is 1. The Hall–Kier alpha value is -2.37. The molecule has 0 aliphatic rings. The number of aromatic nitrogens is 1. The molecule has 0 fully saturated rings. The van der Waals surface area contributed by atoms with Gasteiger partial charge in [0, 0.05) is 0 Å². The zero-order chi connectivity index (χ0) is 17.3. The fourth-order valence-corrected chi connectivity index (χ4v) is 3.51. The molecule has 0 aliphatic carbocycles. The molecule has 0 radical (unpaired) electrons. The van der Waals surface area contributed by atoms with Gasteiger partial charge in [-0.3, -0.25) is 4.57 Å². The first-order chi connectivity index (χ1) is 11.5. The lowest BCUT2D eigenvalue weighted by Gasteiger charge is -2.09. The molecule has 0 saturated carbocycles. The van der Waals surface area contributed by atoms with E-state index in [1.54, 1.807) is 24.3 Å². The number of nitriles is 1. The molecule has 1 aromatic heterocycles. The van der Waals surface area contributed by atoms with Crippen molar-refractivity contribution in [2.24, 2.45) is 0 Å². The average molecular weight is 452 g/mol. The maximum atomic E-state index is 12.2. The van der Waals surface area contributed by atoms with Crippen molar-refractivity contribution in [3.63, 3.8) is 0 Å². The standard InChI is InChI=1S/C16H8Br2N2O4/c17-10-5-9(7-19)6-11(18)15(10)24-14(21)8-20-12-3-1-2-4-13(12)23-16(20)22/h1-6H,8H2. The molecule has 8 heteroatoms. The summed E-state index contributed by atoms with van der Waals surface area (Å²) in [7, 11) is 0. The van der Waals surface area contributed by atoms with Crippen LogP contribution >= 0.6 is 31.9 Å². The Bertz CT molecular complexity index is 1020. The van der Waals surface area contributed by atoms with Crippen LogP contribution in [0.25, 0.3) is 11.1 Å². The smallest absolute Gasteiger partial charge is 0.420 e. The van der Waals surface area contributed by atoms with Gasteiger partial charge in [-0.1, -0.05) is 12.1 Å². The minimum absolute atomic E-state index is 0.236. The van der Waals surface area contributed by atoms with Crippen LogP contribution in [0.15, 0.2) is 54.6 Å². The molecule has 0 N–H and O–H groups in total. The van der Waals surface area contributed by atoms with Crippen molar-refractivity contribution < 1.29 is 13.9 Å². The van der Waals surface area contributed by atoms with E-state index in [1.165, 1.54) is 16.7 Å². The average Bonchev–Trinajstić information content (AvgIpc) is 2.86. The molecule has 24 heavy (non-hydrogen) atoms. The third kappa shape index (κ3) is 3.13. The lowest BCUT2D eigenvalue weighted by Crippen LogP contribution is -2.23. The Balaban J connectivity index is 1.88. The fourth-order valence-electron chi connectivity index (χ4n) is 2.16. The topological polar surface area (TPSA) is 85.2 Å². The minimum atomic E-state index is -0.644. The van der Waals surface area contributed by atoms with Gasteiger partial charge in [-0.2, -0.15) is 5.26 Å². The monoisotopic (exact) mass is 450 g/mol. The summed E-state index contributed by atoms with van der Waals surface area (Å²) >= 11 is 6.51. The number of carbonyl (C=O) groups is 1. The van der Waals surface area contributed by atoms with E-state index >= 15 is 0 Å². The SMILES string of the molecule is N#Cc1cc(Br)c(OC(=O)Cn2c(=O)oc3ccccc32)c(Br)c1. The second-order valence-electron chi connectivity index (χ2n) is 4.78. The second kappa shape index (κ2) is 6.63. The van der Waals surface area contributed by atoms with Gasteiger partial charge in [0.1, 0.15) is 6.54 Å².